The van der Waals surface area contributed by atoms with E-state index in [1.165, 1.54) is 11.1 Å². The van der Waals surface area contributed by atoms with Gasteiger partial charge in [-0.05, 0) is 26.5 Å². The molecule has 0 saturated carbocycles. The average Bonchev–Trinajstić information content (AvgIpc) is 2.81. The molecule has 19 heavy (non-hydrogen) atoms. The third-order valence-corrected chi connectivity index (χ3v) is 3.89. The number of hydrogen-bond donors (Lipinski definition) is 1. The van der Waals surface area contributed by atoms with E-state index >= 15 is 0 Å². The van der Waals surface area contributed by atoms with Crippen LogP contribution < -0.4 is 5.73 Å². The Hall–Kier alpha value is -1.23. The monoisotopic (exact) mass is 275 g/mol. The molecule has 0 radical (unpaired) electrons. The molecule has 0 bridgehead atoms. The summed E-state index contributed by atoms with van der Waals surface area (Å²) >= 11 is 1.63. The maximum absolute atomic E-state index is 6.19. The molecule has 2 N–H and O–H groups in total. The molecular weight excluding hydrogens is 254 g/mol. The molecule has 2 atom stereocenters. The third-order valence-electron chi connectivity index (χ3n) is 3.25. The Morgan fingerprint density at radius 1 is 1.42 bits per heavy atom. The van der Waals surface area contributed by atoms with E-state index in [0.717, 1.165) is 12.2 Å². The number of likely N-dealkylation sites (N-methyl/N-ethyl adjacent to an activating group) is 1. The third kappa shape index (κ3) is 3.62. The van der Waals surface area contributed by atoms with Gasteiger partial charge in [0.2, 0.25) is 0 Å². The number of aryl methyl sites for hydroxylation is 1. The van der Waals surface area contributed by atoms with Crippen LogP contribution in [0.5, 0.6) is 0 Å². The average molecular weight is 275 g/mol. The Bertz CT molecular complexity index is 508. The van der Waals surface area contributed by atoms with E-state index in [9.17, 15) is 0 Å². The Morgan fingerprint density at radius 3 is 2.79 bits per heavy atom. The number of nitrogens with zero attached hydrogens (tertiary/aromatic N) is 2. The van der Waals surface area contributed by atoms with E-state index in [4.69, 9.17) is 5.73 Å². The lowest BCUT2D eigenvalue weighted by atomic mass is 9.98. The van der Waals surface area contributed by atoms with Gasteiger partial charge in [-0.15, -0.1) is 11.3 Å². The quantitative estimate of drug-likeness (QED) is 0.912. The number of nitrogens with two attached hydrogens (primary N) is 1. The highest BCUT2D eigenvalue weighted by Gasteiger charge is 2.21. The maximum Gasteiger partial charge on any atom is 0.0795 e. The molecule has 1 heterocycles. The number of aromatic nitrogens is 1. The van der Waals surface area contributed by atoms with Gasteiger partial charge in [0.1, 0.15) is 0 Å². The molecule has 0 saturated heterocycles. The van der Waals surface area contributed by atoms with Crippen molar-refractivity contribution in [2.24, 2.45) is 5.73 Å². The van der Waals surface area contributed by atoms with Crippen LogP contribution in [0, 0.1) is 6.92 Å². The van der Waals surface area contributed by atoms with Gasteiger partial charge in [0, 0.05) is 24.0 Å². The molecule has 2 rings (SSSR count). The SMILES string of the molecule is Cc1cccc(C(C(C)N)N(C)Cc2cscn2)c1. The van der Waals surface area contributed by atoms with Gasteiger partial charge in [0.05, 0.1) is 11.2 Å². The molecule has 1 aromatic heterocycles. The minimum Gasteiger partial charge on any atom is -0.326 e. The number of rotatable bonds is 5. The minimum absolute atomic E-state index is 0.0745. The summed E-state index contributed by atoms with van der Waals surface area (Å²) < 4.78 is 0. The van der Waals surface area contributed by atoms with Gasteiger partial charge in [0.25, 0.3) is 0 Å². The summed E-state index contributed by atoms with van der Waals surface area (Å²) in [4.78, 5) is 6.62. The second kappa shape index (κ2) is 6.28. The highest BCUT2D eigenvalue weighted by molar-refractivity contribution is 7.07. The lowest BCUT2D eigenvalue weighted by Crippen LogP contribution is -2.37. The van der Waals surface area contributed by atoms with Gasteiger partial charge in [-0.1, -0.05) is 29.8 Å². The predicted octanol–water partition coefficient (Wildman–Crippen LogP) is 2.97. The van der Waals surface area contributed by atoms with Crippen molar-refractivity contribution in [3.05, 3.63) is 52.0 Å². The zero-order chi connectivity index (χ0) is 13.8. The summed E-state index contributed by atoms with van der Waals surface area (Å²) in [5.74, 6) is 0. The normalized spacial score (nSPS) is 14.6. The first-order valence-corrected chi connectivity index (χ1v) is 7.41. The van der Waals surface area contributed by atoms with Crippen molar-refractivity contribution in [1.29, 1.82) is 0 Å². The Morgan fingerprint density at radius 2 is 2.21 bits per heavy atom. The van der Waals surface area contributed by atoms with Crippen LogP contribution in [0.4, 0.5) is 0 Å². The molecule has 102 valence electrons. The second-order valence-corrected chi connectivity index (χ2v) is 5.83. The van der Waals surface area contributed by atoms with Crippen LogP contribution in [0.2, 0.25) is 0 Å². The van der Waals surface area contributed by atoms with Gasteiger partial charge in [0.15, 0.2) is 0 Å². The number of hydrogen-bond acceptors (Lipinski definition) is 4. The number of benzene rings is 1. The van der Waals surface area contributed by atoms with Gasteiger partial charge in [-0.2, -0.15) is 0 Å². The zero-order valence-electron chi connectivity index (χ0n) is 11.7. The van der Waals surface area contributed by atoms with E-state index in [2.05, 4.69) is 60.4 Å². The Labute approximate surface area is 119 Å². The largest absolute Gasteiger partial charge is 0.326 e. The van der Waals surface area contributed by atoms with Gasteiger partial charge in [-0.3, -0.25) is 4.90 Å². The van der Waals surface area contributed by atoms with Gasteiger partial charge in [-0.25, -0.2) is 4.98 Å². The van der Waals surface area contributed by atoms with Gasteiger partial charge >= 0.3 is 0 Å². The van der Waals surface area contributed by atoms with Gasteiger partial charge < -0.3 is 5.73 Å². The Kier molecular flexibility index (Phi) is 4.69. The first kappa shape index (κ1) is 14.2. The van der Waals surface area contributed by atoms with Crippen molar-refractivity contribution in [3.63, 3.8) is 0 Å². The van der Waals surface area contributed by atoms with Crippen molar-refractivity contribution >= 4 is 11.3 Å². The molecule has 2 aromatic rings. The van der Waals surface area contributed by atoms with Crippen LogP contribution in [-0.2, 0) is 6.54 Å². The van der Waals surface area contributed by atoms with Crippen molar-refractivity contribution in [3.8, 4) is 0 Å². The molecule has 1 aromatic carbocycles. The van der Waals surface area contributed by atoms with E-state index in [0.29, 0.717) is 0 Å². The highest BCUT2D eigenvalue weighted by atomic mass is 32.1. The van der Waals surface area contributed by atoms with Crippen LogP contribution in [0.15, 0.2) is 35.2 Å². The van der Waals surface area contributed by atoms with Crippen LogP contribution in [0.1, 0.15) is 29.8 Å². The van der Waals surface area contributed by atoms with E-state index < -0.39 is 0 Å². The smallest absolute Gasteiger partial charge is 0.0795 e. The lowest BCUT2D eigenvalue weighted by molar-refractivity contribution is 0.209. The fourth-order valence-electron chi connectivity index (χ4n) is 2.48. The van der Waals surface area contributed by atoms with Crippen LogP contribution in [-0.4, -0.2) is 23.0 Å². The summed E-state index contributed by atoms with van der Waals surface area (Å²) in [5, 5.41) is 2.09. The van der Waals surface area contributed by atoms with E-state index in [1.807, 2.05) is 5.51 Å². The van der Waals surface area contributed by atoms with Crippen LogP contribution in [0.25, 0.3) is 0 Å². The summed E-state index contributed by atoms with van der Waals surface area (Å²) in [6.07, 6.45) is 0. The fraction of sp³-hybridized carbons (Fsp3) is 0.400. The molecule has 0 aliphatic rings. The molecule has 0 amide bonds. The predicted molar refractivity (Wildman–Crippen MR) is 81.2 cm³/mol. The summed E-state index contributed by atoms with van der Waals surface area (Å²) in [7, 11) is 2.11. The van der Waals surface area contributed by atoms with Crippen molar-refractivity contribution in [2.45, 2.75) is 32.5 Å². The van der Waals surface area contributed by atoms with E-state index in [1.54, 1.807) is 11.3 Å². The summed E-state index contributed by atoms with van der Waals surface area (Å²) in [6, 6.07) is 8.86. The fourth-order valence-corrected chi connectivity index (χ4v) is 3.03. The van der Waals surface area contributed by atoms with E-state index in [-0.39, 0.29) is 12.1 Å². The summed E-state index contributed by atoms with van der Waals surface area (Å²) in [5.41, 5.74) is 11.7. The molecule has 4 heteroatoms. The molecule has 0 aliphatic heterocycles. The molecule has 2 unspecified atom stereocenters. The van der Waals surface area contributed by atoms with Crippen LogP contribution in [0.3, 0.4) is 0 Å². The Balaban J connectivity index is 2.20. The highest BCUT2D eigenvalue weighted by Crippen LogP contribution is 2.24. The molecule has 3 nitrogen and oxygen atoms in total. The van der Waals surface area contributed by atoms with Crippen molar-refractivity contribution < 1.29 is 0 Å². The topological polar surface area (TPSA) is 42.1 Å². The van der Waals surface area contributed by atoms with Crippen molar-refractivity contribution in [2.75, 3.05) is 7.05 Å². The maximum atomic E-state index is 6.19. The summed E-state index contributed by atoms with van der Waals surface area (Å²) in [6.45, 7) is 5.00. The van der Waals surface area contributed by atoms with Crippen LogP contribution >= 0.6 is 11.3 Å². The first-order chi connectivity index (χ1) is 9.08. The van der Waals surface area contributed by atoms with Crippen molar-refractivity contribution in [1.82, 2.24) is 9.88 Å². The second-order valence-electron chi connectivity index (χ2n) is 5.11. The minimum atomic E-state index is 0.0745. The molecule has 0 spiro atoms. The first-order valence-electron chi connectivity index (χ1n) is 6.47. The zero-order valence-corrected chi connectivity index (χ0v) is 12.5. The lowest BCUT2D eigenvalue weighted by Gasteiger charge is -2.31. The molecular formula is C15H21N3S. The molecule has 0 fully saturated rings. The standard InChI is InChI=1S/C15H21N3S/c1-11-5-4-6-13(7-11)15(12(2)16)18(3)8-14-9-19-10-17-14/h4-7,9-10,12,15H,8,16H2,1-3H3. The molecule has 0 aliphatic carbocycles. The number of thiazole rings is 1.